The maximum atomic E-state index is 13.3. The Morgan fingerprint density at radius 1 is 1.19 bits per heavy atom. The van der Waals surface area contributed by atoms with E-state index in [2.05, 4.69) is 10.4 Å². The highest BCUT2D eigenvalue weighted by Gasteiger charge is 2.33. The van der Waals surface area contributed by atoms with E-state index in [4.69, 9.17) is 17.4 Å². The van der Waals surface area contributed by atoms with Crippen molar-refractivity contribution in [2.24, 2.45) is 5.84 Å². The maximum Gasteiger partial charge on any atom is 0.265 e. The molecule has 0 radical (unpaired) electrons. The number of nitrogens with one attached hydrogen (secondary N) is 1. The quantitative estimate of drug-likeness (QED) is 0.468. The Morgan fingerprint density at radius 3 is 2.77 bits per heavy atom. The molecule has 1 aliphatic rings. The van der Waals surface area contributed by atoms with E-state index in [1.807, 2.05) is 0 Å². The molecule has 0 saturated carbocycles. The summed E-state index contributed by atoms with van der Waals surface area (Å²) in [5.41, 5.74) is 3.93. The third-order valence-electron chi connectivity index (χ3n) is 4.44. The number of rotatable bonds is 3. The molecule has 2 aromatic carbocycles. The van der Waals surface area contributed by atoms with Gasteiger partial charge >= 0.3 is 0 Å². The summed E-state index contributed by atoms with van der Waals surface area (Å²) in [6.45, 7) is 0.305. The van der Waals surface area contributed by atoms with E-state index in [9.17, 15) is 13.5 Å². The van der Waals surface area contributed by atoms with Gasteiger partial charge in [0.15, 0.2) is 0 Å². The second kappa shape index (κ2) is 6.01. The number of benzene rings is 2. The highest BCUT2D eigenvalue weighted by Crippen LogP contribution is 2.39. The molecule has 0 saturated heterocycles. The van der Waals surface area contributed by atoms with Gasteiger partial charge in [-0.05, 0) is 48.4 Å². The average Bonchev–Trinajstić information content (AvgIpc) is 3.08. The zero-order valence-electron chi connectivity index (χ0n) is 13.5. The number of sulfonamides is 1. The van der Waals surface area contributed by atoms with E-state index in [0.717, 1.165) is 5.56 Å². The number of aromatic nitrogens is 1. The summed E-state index contributed by atoms with van der Waals surface area (Å²) >= 11 is 6.20. The Morgan fingerprint density at radius 2 is 2.00 bits per heavy atom. The number of halogens is 1. The van der Waals surface area contributed by atoms with Crippen LogP contribution in [0.4, 0.5) is 11.5 Å². The Labute approximate surface area is 155 Å². The lowest BCUT2D eigenvalue weighted by atomic mass is 10.2. The molecule has 7 nitrogen and oxygen atoms in total. The van der Waals surface area contributed by atoms with Gasteiger partial charge in [-0.1, -0.05) is 17.7 Å². The number of anilines is 2. The monoisotopic (exact) mass is 390 g/mol. The van der Waals surface area contributed by atoms with Crippen LogP contribution >= 0.6 is 11.6 Å². The van der Waals surface area contributed by atoms with Crippen LogP contribution in [0.3, 0.4) is 0 Å². The van der Waals surface area contributed by atoms with Crippen LogP contribution in [0, 0.1) is 0 Å². The third kappa shape index (κ3) is 2.45. The molecule has 0 amide bonds. The molecule has 0 aliphatic carbocycles. The number of hydrazine groups is 1. The highest BCUT2D eigenvalue weighted by molar-refractivity contribution is 7.93. The van der Waals surface area contributed by atoms with Crippen LogP contribution in [-0.4, -0.2) is 25.1 Å². The van der Waals surface area contributed by atoms with E-state index in [1.165, 1.54) is 16.4 Å². The van der Waals surface area contributed by atoms with E-state index < -0.39 is 10.0 Å². The molecule has 26 heavy (non-hydrogen) atoms. The van der Waals surface area contributed by atoms with Crippen LogP contribution in [0.1, 0.15) is 5.56 Å². The molecule has 0 fully saturated rings. The first kappa shape index (κ1) is 16.9. The van der Waals surface area contributed by atoms with Crippen molar-refractivity contribution in [2.45, 2.75) is 11.3 Å². The number of nitrogens with two attached hydrogens (primary N) is 1. The number of fused-ring (bicyclic) bond motifs is 2. The number of nitrogens with zero attached hydrogens (tertiary/aromatic N) is 2. The van der Waals surface area contributed by atoms with Gasteiger partial charge in [0.2, 0.25) is 0 Å². The molecule has 0 bridgehead atoms. The van der Waals surface area contributed by atoms with E-state index in [-0.39, 0.29) is 16.2 Å². The average molecular weight is 391 g/mol. The number of phenolic OH excluding ortho intramolecular Hbond substituents is 1. The Hall–Kier alpha value is -2.55. The predicted molar refractivity (Wildman–Crippen MR) is 101 cm³/mol. The fourth-order valence-electron chi connectivity index (χ4n) is 3.21. The second-order valence-electron chi connectivity index (χ2n) is 5.88. The van der Waals surface area contributed by atoms with E-state index >= 15 is 0 Å². The van der Waals surface area contributed by atoms with Crippen LogP contribution in [0.15, 0.2) is 47.4 Å². The first-order chi connectivity index (χ1) is 12.4. The van der Waals surface area contributed by atoms with Gasteiger partial charge in [-0.15, -0.1) is 0 Å². The SMILES string of the molecule is NNc1ccc2c(S(=O)(=O)N3CCc4c(Cl)cccc43)ccc(O)c2n1. The van der Waals surface area contributed by atoms with Crippen LogP contribution in [-0.2, 0) is 16.4 Å². The van der Waals surface area contributed by atoms with Crippen molar-refractivity contribution < 1.29 is 13.5 Å². The van der Waals surface area contributed by atoms with Crippen molar-refractivity contribution in [1.82, 2.24) is 4.98 Å². The first-order valence-electron chi connectivity index (χ1n) is 7.83. The fourth-order valence-corrected chi connectivity index (χ4v) is 5.16. The topological polar surface area (TPSA) is 109 Å². The van der Waals surface area contributed by atoms with Gasteiger partial charge in [-0.3, -0.25) is 4.31 Å². The van der Waals surface area contributed by atoms with Crippen LogP contribution in [0.25, 0.3) is 10.9 Å². The van der Waals surface area contributed by atoms with Crippen molar-refractivity contribution in [3.05, 3.63) is 53.1 Å². The van der Waals surface area contributed by atoms with E-state index in [1.54, 1.807) is 30.3 Å². The zero-order chi connectivity index (χ0) is 18.5. The predicted octanol–water partition coefficient (Wildman–Crippen LogP) is 2.63. The van der Waals surface area contributed by atoms with Gasteiger partial charge in [-0.25, -0.2) is 19.2 Å². The van der Waals surface area contributed by atoms with Crippen molar-refractivity contribution in [1.29, 1.82) is 0 Å². The molecule has 1 aliphatic heterocycles. The largest absolute Gasteiger partial charge is 0.506 e. The molecule has 1 aromatic heterocycles. The lowest BCUT2D eigenvalue weighted by molar-refractivity contribution is 0.480. The maximum absolute atomic E-state index is 13.3. The molecular weight excluding hydrogens is 376 g/mol. The standard InChI is InChI=1S/C17H15ClN4O3S/c18-12-2-1-3-13-10(12)8-9-22(13)26(24,25)15-6-5-14(23)17-11(15)4-7-16(20-17)21-19/h1-7,23H,8-9,19H2,(H,20,21). The Kier molecular flexibility index (Phi) is 3.91. The molecule has 4 rings (SSSR count). The summed E-state index contributed by atoms with van der Waals surface area (Å²) in [6, 6.07) is 11.0. The molecule has 0 spiro atoms. The minimum Gasteiger partial charge on any atom is -0.506 e. The second-order valence-corrected chi connectivity index (χ2v) is 8.12. The molecule has 9 heteroatoms. The van der Waals surface area contributed by atoms with Crippen LogP contribution in [0.2, 0.25) is 5.02 Å². The Balaban J connectivity index is 1.91. The molecule has 134 valence electrons. The Bertz CT molecular complexity index is 1130. The molecule has 0 unspecified atom stereocenters. The fraction of sp³-hybridized carbons (Fsp3) is 0.118. The zero-order valence-corrected chi connectivity index (χ0v) is 15.0. The first-order valence-corrected chi connectivity index (χ1v) is 9.65. The minimum absolute atomic E-state index is 0.0641. The van der Waals surface area contributed by atoms with Crippen LogP contribution < -0.4 is 15.6 Å². The summed E-state index contributed by atoms with van der Waals surface area (Å²) in [4.78, 5) is 4.23. The number of pyridine rings is 1. The molecular formula is C17H15ClN4O3S. The molecule has 3 aromatic rings. The van der Waals surface area contributed by atoms with Gasteiger partial charge < -0.3 is 10.5 Å². The van der Waals surface area contributed by atoms with Gasteiger partial charge in [-0.2, -0.15) is 0 Å². The van der Waals surface area contributed by atoms with Gasteiger partial charge in [0, 0.05) is 17.0 Å². The van der Waals surface area contributed by atoms with Crippen molar-refractivity contribution in [3.63, 3.8) is 0 Å². The minimum atomic E-state index is -3.86. The lowest BCUT2D eigenvalue weighted by Gasteiger charge is -2.21. The number of hydrogen-bond donors (Lipinski definition) is 3. The molecule has 0 atom stereocenters. The van der Waals surface area contributed by atoms with Crippen molar-refractivity contribution in [2.75, 3.05) is 16.3 Å². The summed E-state index contributed by atoms with van der Waals surface area (Å²) in [6.07, 6.45) is 0.545. The summed E-state index contributed by atoms with van der Waals surface area (Å²) < 4.78 is 28.0. The summed E-state index contributed by atoms with van der Waals surface area (Å²) in [7, 11) is -3.86. The lowest BCUT2D eigenvalue weighted by Crippen LogP contribution is -2.29. The summed E-state index contributed by atoms with van der Waals surface area (Å²) in [5, 5.41) is 11.0. The van der Waals surface area contributed by atoms with Gasteiger partial charge in [0.1, 0.15) is 17.1 Å². The highest BCUT2D eigenvalue weighted by atomic mass is 35.5. The van der Waals surface area contributed by atoms with Gasteiger partial charge in [0.05, 0.1) is 10.6 Å². The smallest absolute Gasteiger partial charge is 0.265 e. The summed E-state index contributed by atoms with van der Waals surface area (Å²) in [5.74, 6) is 5.54. The normalized spacial score (nSPS) is 13.8. The van der Waals surface area contributed by atoms with E-state index in [0.29, 0.717) is 34.9 Å². The number of hydrogen-bond acceptors (Lipinski definition) is 6. The number of nitrogen functional groups attached to an aromatic ring is 1. The van der Waals surface area contributed by atoms with Crippen molar-refractivity contribution >= 4 is 44.0 Å². The third-order valence-corrected chi connectivity index (χ3v) is 6.67. The van der Waals surface area contributed by atoms with Crippen LogP contribution in [0.5, 0.6) is 5.75 Å². The molecule has 4 N–H and O–H groups in total. The molecule has 2 heterocycles. The number of aromatic hydroxyl groups is 1. The van der Waals surface area contributed by atoms with Crippen molar-refractivity contribution in [3.8, 4) is 5.75 Å². The number of phenols is 1. The van der Waals surface area contributed by atoms with Gasteiger partial charge in [0.25, 0.3) is 10.0 Å².